The lowest BCUT2D eigenvalue weighted by atomic mass is 10.00. The Bertz CT molecular complexity index is 573. The van der Waals surface area contributed by atoms with Gasteiger partial charge in [-0.15, -0.1) is 11.3 Å². The second kappa shape index (κ2) is 7.21. The molecule has 0 aliphatic rings. The molecule has 1 unspecified atom stereocenters. The number of aryl methyl sites for hydroxylation is 2. The second-order valence-corrected chi connectivity index (χ2v) is 8.00. The monoisotopic (exact) mass is 415 g/mol. The van der Waals surface area contributed by atoms with E-state index >= 15 is 0 Å². The van der Waals surface area contributed by atoms with Crippen LogP contribution in [0.3, 0.4) is 0 Å². The molecule has 0 bridgehead atoms. The molecule has 4 heteroatoms. The van der Waals surface area contributed by atoms with E-state index in [2.05, 4.69) is 82.2 Å². The predicted molar refractivity (Wildman–Crippen MR) is 95.8 cm³/mol. The molecular formula is C16H19Br2NS. The molecular weight excluding hydrogens is 398 g/mol. The van der Waals surface area contributed by atoms with Gasteiger partial charge in [-0.1, -0.05) is 28.9 Å². The van der Waals surface area contributed by atoms with Gasteiger partial charge in [-0.2, -0.15) is 0 Å². The molecule has 0 aliphatic carbocycles. The molecule has 1 aromatic heterocycles. The van der Waals surface area contributed by atoms with Gasteiger partial charge in [0.15, 0.2) is 0 Å². The van der Waals surface area contributed by atoms with Crippen LogP contribution in [-0.2, 0) is 0 Å². The lowest BCUT2D eigenvalue weighted by Gasteiger charge is -2.20. The molecule has 0 spiro atoms. The van der Waals surface area contributed by atoms with E-state index in [1.165, 1.54) is 25.4 Å². The molecule has 0 radical (unpaired) electrons. The van der Waals surface area contributed by atoms with Crippen LogP contribution in [0.1, 0.15) is 40.3 Å². The number of benzene rings is 1. The molecule has 0 saturated heterocycles. The van der Waals surface area contributed by atoms with Gasteiger partial charge < -0.3 is 5.32 Å². The van der Waals surface area contributed by atoms with Crippen LogP contribution >= 0.6 is 43.2 Å². The van der Waals surface area contributed by atoms with E-state index in [9.17, 15) is 0 Å². The molecule has 1 heterocycles. The molecule has 0 saturated carbocycles. The highest BCUT2D eigenvalue weighted by Crippen LogP contribution is 2.35. The van der Waals surface area contributed by atoms with Gasteiger partial charge in [0.05, 0.1) is 6.04 Å². The molecule has 2 aromatic rings. The highest BCUT2D eigenvalue weighted by atomic mass is 79.9. The highest BCUT2D eigenvalue weighted by molar-refractivity contribution is 9.10. The van der Waals surface area contributed by atoms with Crippen LogP contribution in [-0.4, -0.2) is 6.54 Å². The SMILES string of the molecule is CCCNC(c1cc(Br)c(C)s1)c1ccc(Br)cc1C. The van der Waals surface area contributed by atoms with Crippen LogP contribution < -0.4 is 5.32 Å². The van der Waals surface area contributed by atoms with Crippen LogP contribution in [0.4, 0.5) is 0 Å². The average Bonchev–Trinajstić information content (AvgIpc) is 2.72. The average molecular weight is 417 g/mol. The highest BCUT2D eigenvalue weighted by Gasteiger charge is 2.18. The molecule has 0 amide bonds. The summed E-state index contributed by atoms with van der Waals surface area (Å²) in [7, 11) is 0. The lowest BCUT2D eigenvalue weighted by molar-refractivity contribution is 0.603. The van der Waals surface area contributed by atoms with Crippen molar-refractivity contribution in [3.05, 3.63) is 54.1 Å². The van der Waals surface area contributed by atoms with Crippen molar-refractivity contribution in [3.8, 4) is 0 Å². The van der Waals surface area contributed by atoms with E-state index in [1.807, 2.05) is 11.3 Å². The van der Waals surface area contributed by atoms with Crippen molar-refractivity contribution in [2.45, 2.75) is 33.2 Å². The van der Waals surface area contributed by atoms with E-state index in [0.29, 0.717) is 0 Å². The summed E-state index contributed by atoms with van der Waals surface area (Å²) in [5.41, 5.74) is 2.67. The summed E-state index contributed by atoms with van der Waals surface area (Å²) >= 11 is 9.03. The number of rotatable bonds is 5. The van der Waals surface area contributed by atoms with Crippen LogP contribution in [0.2, 0.25) is 0 Å². The minimum absolute atomic E-state index is 0.276. The van der Waals surface area contributed by atoms with Gasteiger partial charge in [0.1, 0.15) is 0 Å². The van der Waals surface area contributed by atoms with Gasteiger partial charge in [0.25, 0.3) is 0 Å². The van der Waals surface area contributed by atoms with Crippen molar-refractivity contribution in [1.82, 2.24) is 5.32 Å². The molecule has 0 fully saturated rings. The molecule has 2 rings (SSSR count). The van der Waals surface area contributed by atoms with E-state index in [-0.39, 0.29) is 6.04 Å². The zero-order chi connectivity index (χ0) is 14.7. The van der Waals surface area contributed by atoms with Crippen molar-refractivity contribution >= 4 is 43.2 Å². The number of hydrogen-bond donors (Lipinski definition) is 1. The first-order valence-corrected chi connectivity index (χ1v) is 9.18. The van der Waals surface area contributed by atoms with Crippen molar-refractivity contribution in [1.29, 1.82) is 0 Å². The molecule has 1 nitrogen and oxygen atoms in total. The third-order valence-corrected chi connectivity index (χ3v) is 6.00. The zero-order valence-corrected chi connectivity index (χ0v) is 16.0. The normalized spacial score (nSPS) is 12.7. The van der Waals surface area contributed by atoms with Crippen LogP contribution in [0.15, 0.2) is 33.2 Å². The quantitative estimate of drug-likeness (QED) is 0.632. The minimum atomic E-state index is 0.276. The first kappa shape index (κ1) is 16.2. The lowest BCUT2D eigenvalue weighted by Crippen LogP contribution is -2.23. The molecule has 1 aromatic carbocycles. The van der Waals surface area contributed by atoms with E-state index in [1.54, 1.807) is 0 Å². The molecule has 1 atom stereocenters. The smallest absolute Gasteiger partial charge is 0.0674 e. The van der Waals surface area contributed by atoms with Crippen molar-refractivity contribution < 1.29 is 0 Å². The Morgan fingerprint density at radius 2 is 1.95 bits per heavy atom. The van der Waals surface area contributed by atoms with Crippen molar-refractivity contribution in [2.75, 3.05) is 6.54 Å². The van der Waals surface area contributed by atoms with Gasteiger partial charge in [-0.25, -0.2) is 0 Å². The molecule has 108 valence electrons. The first-order chi connectivity index (χ1) is 9.52. The zero-order valence-electron chi connectivity index (χ0n) is 12.0. The Morgan fingerprint density at radius 1 is 1.20 bits per heavy atom. The summed E-state index contributed by atoms with van der Waals surface area (Å²) in [5, 5.41) is 3.68. The summed E-state index contributed by atoms with van der Waals surface area (Å²) in [6.45, 7) is 7.56. The Morgan fingerprint density at radius 3 is 2.50 bits per heavy atom. The summed E-state index contributed by atoms with van der Waals surface area (Å²) < 4.78 is 2.34. The van der Waals surface area contributed by atoms with Crippen LogP contribution in [0.25, 0.3) is 0 Å². The third-order valence-electron chi connectivity index (χ3n) is 3.30. The number of halogens is 2. The number of hydrogen-bond acceptors (Lipinski definition) is 2. The number of nitrogens with one attached hydrogen (secondary N) is 1. The summed E-state index contributed by atoms with van der Waals surface area (Å²) in [6.07, 6.45) is 1.14. The topological polar surface area (TPSA) is 12.0 Å². The summed E-state index contributed by atoms with van der Waals surface area (Å²) in [5.74, 6) is 0. The van der Waals surface area contributed by atoms with Crippen molar-refractivity contribution in [2.24, 2.45) is 0 Å². The minimum Gasteiger partial charge on any atom is -0.306 e. The van der Waals surface area contributed by atoms with Gasteiger partial charge in [-0.3, -0.25) is 0 Å². The maximum Gasteiger partial charge on any atom is 0.0674 e. The second-order valence-electron chi connectivity index (χ2n) is 4.94. The van der Waals surface area contributed by atoms with E-state index in [4.69, 9.17) is 0 Å². The fraction of sp³-hybridized carbons (Fsp3) is 0.375. The molecule has 20 heavy (non-hydrogen) atoms. The molecule has 1 N–H and O–H groups in total. The van der Waals surface area contributed by atoms with Crippen LogP contribution in [0, 0.1) is 13.8 Å². The first-order valence-electron chi connectivity index (χ1n) is 6.78. The summed E-state index contributed by atoms with van der Waals surface area (Å²) in [6, 6.07) is 9.05. The Kier molecular flexibility index (Phi) is 5.84. The maximum atomic E-state index is 3.68. The van der Waals surface area contributed by atoms with Gasteiger partial charge in [0.2, 0.25) is 0 Å². The van der Waals surface area contributed by atoms with E-state index < -0.39 is 0 Å². The van der Waals surface area contributed by atoms with Gasteiger partial charge in [-0.05, 0) is 72.1 Å². The fourth-order valence-corrected chi connectivity index (χ4v) is 4.37. The van der Waals surface area contributed by atoms with Gasteiger partial charge >= 0.3 is 0 Å². The van der Waals surface area contributed by atoms with Gasteiger partial charge in [0, 0.05) is 18.7 Å². The predicted octanol–water partition coefficient (Wildman–Crippen LogP) is 5.98. The number of thiophene rings is 1. The summed E-state index contributed by atoms with van der Waals surface area (Å²) in [4.78, 5) is 2.70. The Balaban J connectivity index is 2.41. The maximum absolute atomic E-state index is 3.68. The van der Waals surface area contributed by atoms with Crippen LogP contribution in [0.5, 0.6) is 0 Å². The Labute approximate surface area is 142 Å². The molecule has 0 aliphatic heterocycles. The largest absolute Gasteiger partial charge is 0.306 e. The third kappa shape index (κ3) is 3.73. The Hall–Kier alpha value is -0.160. The van der Waals surface area contributed by atoms with Crippen molar-refractivity contribution in [3.63, 3.8) is 0 Å². The van der Waals surface area contributed by atoms with E-state index in [0.717, 1.165) is 17.4 Å². The fourth-order valence-electron chi connectivity index (χ4n) is 2.24. The standard InChI is InChI=1S/C16H19Br2NS/c1-4-7-19-16(15-9-14(18)11(3)20-15)13-6-5-12(17)8-10(13)2/h5-6,8-9,16,19H,4,7H2,1-3H3.